The van der Waals surface area contributed by atoms with Crippen molar-refractivity contribution in [2.24, 2.45) is 0 Å². The predicted octanol–water partition coefficient (Wildman–Crippen LogP) is 4.85. The minimum atomic E-state index is -0.228. The third-order valence-electron chi connectivity index (χ3n) is 5.61. The van der Waals surface area contributed by atoms with Crippen LogP contribution in [0.3, 0.4) is 0 Å². The van der Waals surface area contributed by atoms with Gasteiger partial charge in [-0.15, -0.1) is 11.3 Å². The summed E-state index contributed by atoms with van der Waals surface area (Å²) in [4.78, 5) is 33.1. The van der Waals surface area contributed by atoms with Crippen LogP contribution >= 0.6 is 23.1 Å². The summed E-state index contributed by atoms with van der Waals surface area (Å²) in [6.45, 7) is 2.00. The number of hydrogen-bond donors (Lipinski definition) is 1. The lowest BCUT2D eigenvalue weighted by Gasteiger charge is -2.13. The first-order valence-corrected chi connectivity index (χ1v) is 12.4. The van der Waals surface area contributed by atoms with Crippen LogP contribution < -0.4 is 10.9 Å². The highest BCUT2D eigenvalue weighted by Gasteiger charge is 2.24. The number of anilines is 1. The average Bonchev–Trinajstić information content (AvgIpc) is 3.40. The fourth-order valence-corrected chi connectivity index (χ4v) is 6.15. The number of rotatable bonds is 5. The Balaban J connectivity index is 1.49. The summed E-state index contributed by atoms with van der Waals surface area (Å²) in [7, 11) is 0. The minimum absolute atomic E-state index is 0.0760. The number of aromatic nitrogens is 2. The first kappa shape index (κ1) is 21.4. The van der Waals surface area contributed by atoms with Crippen LogP contribution in [0.15, 0.2) is 58.5 Å². The summed E-state index contributed by atoms with van der Waals surface area (Å²) in [5.74, 6) is -0.139. The summed E-state index contributed by atoms with van der Waals surface area (Å²) < 4.78 is 1.63. The first-order chi connectivity index (χ1) is 16.0. The fourth-order valence-electron chi connectivity index (χ4n) is 4.04. The predicted molar refractivity (Wildman–Crippen MR) is 132 cm³/mol. The molecule has 1 aliphatic carbocycles. The van der Waals surface area contributed by atoms with Crippen molar-refractivity contribution in [2.45, 2.75) is 31.3 Å². The molecule has 2 aromatic heterocycles. The van der Waals surface area contributed by atoms with Crippen molar-refractivity contribution in [3.8, 4) is 11.8 Å². The molecule has 0 radical (unpaired) electrons. The van der Waals surface area contributed by atoms with Gasteiger partial charge in [-0.3, -0.25) is 14.2 Å². The summed E-state index contributed by atoms with van der Waals surface area (Å²) in [6, 6.07) is 16.6. The molecule has 2 aromatic carbocycles. The largest absolute Gasteiger partial charge is 0.325 e. The second-order valence-electron chi connectivity index (χ2n) is 7.94. The van der Waals surface area contributed by atoms with Crippen LogP contribution in [0.4, 0.5) is 5.69 Å². The molecule has 0 unspecified atom stereocenters. The number of aryl methyl sites for hydroxylation is 3. The molecule has 8 heteroatoms. The Morgan fingerprint density at radius 1 is 1.24 bits per heavy atom. The van der Waals surface area contributed by atoms with Gasteiger partial charge in [0.1, 0.15) is 4.83 Å². The molecule has 0 fully saturated rings. The number of fused-ring (bicyclic) bond motifs is 3. The molecular weight excluding hydrogens is 452 g/mol. The van der Waals surface area contributed by atoms with E-state index < -0.39 is 0 Å². The lowest BCUT2D eigenvalue weighted by Crippen LogP contribution is -2.23. The molecule has 1 aliphatic rings. The first-order valence-electron chi connectivity index (χ1n) is 10.6. The Morgan fingerprint density at radius 3 is 2.85 bits per heavy atom. The number of nitrogens with zero attached hydrogens (tertiary/aromatic N) is 3. The standard InChI is InChI=1S/C25H20N4O2S2/c1-15-8-10-18(11-9-15)29-24(31)22-19-6-3-7-20(19)33-23(22)28-25(29)32-14-21(30)27-17-5-2-4-16(12-17)13-26/h2,4-5,8-12H,3,6-7,14H2,1H3,(H,27,30). The quantitative estimate of drug-likeness (QED) is 0.331. The lowest BCUT2D eigenvalue weighted by atomic mass is 10.2. The molecule has 164 valence electrons. The molecule has 0 spiro atoms. The van der Waals surface area contributed by atoms with Gasteiger partial charge in [-0.2, -0.15) is 5.26 Å². The number of thioether (sulfide) groups is 1. The maximum atomic E-state index is 13.6. The molecule has 1 amide bonds. The van der Waals surface area contributed by atoms with Crippen LogP contribution in [0, 0.1) is 18.3 Å². The molecule has 0 aliphatic heterocycles. The maximum absolute atomic E-state index is 13.6. The Kier molecular flexibility index (Phi) is 5.75. The van der Waals surface area contributed by atoms with Gasteiger partial charge in [0.25, 0.3) is 5.56 Å². The van der Waals surface area contributed by atoms with Crippen molar-refractivity contribution < 1.29 is 4.79 Å². The lowest BCUT2D eigenvalue weighted by molar-refractivity contribution is -0.113. The van der Waals surface area contributed by atoms with Gasteiger partial charge in [-0.05, 0) is 62.1 Å². The van der Waals surface area contributed by atoms with E-state index in [1.54, 1.807) is 40.2 Å². The second kappa shape index (κ2) is 8.85. The van der Waals surface area contributed by atoms with Crippen LogP contribution in [0.5, 0.6) is 0 Å². The summed E-state index contributed by atoms with van der Waals surface area (Å²) >= 11 is 2.83. The molecule has 33 heavy (non-hydrogen) atoms. The van der Waals surface area contributed by atoms with E-state index >= 15 is 0 Å². The zero-order chi connectivity index (χ0) is 22.9. The molecule has 0 atom stereocenters. The van der Waals surface area contributed by atoms with E-state index in [9.17, 15) is 9.59 Å². The number of carbonyl (C=O) groups is 1. The summed E-state index contributed by atoms with van der Waals surface area (Å²) in [5.41, 5.74) is 3.95. The number of thiophene rings is 1. The van der Waals surface area contributed by atoms with Gasteiger partial charge in [-0.25, -0.2) is 4.98 Å². The van der Waals surface area contributed by atoms with Gasteiger partial charge >= 0.3 is 0 Å². The fraction of sp³-hybridized carbons (Fsp3) is 0.200. The highest BCUT2D eigenvalue weighted by atomic mass is 32.2. The van der Waals surface area contributed by atoms with Gasteiger partial charge in [0.2, 0.25) is 5.91 Å². The number of nitriles is 1. The number of carbonyl (C=O) groups excluding carboxylic acids is 1. The van der Waals surface area contributed by atoms with Crippen LogP contribution in [0.1, 0.15) is 28.0 Å². The highest BCUT2D eigenvalue weighted by Crippen LogP contribution is 2.36. The normalized spacial score (nSPS) is 12.5. The third-order valence-corrected chi connectivity index (χ3v) is 7.73. The zero-order valence-corrected chi connectivity index (χ0v) is 19.6. The van der Waals surface area contributed by atoms with Crippen LogP contribution in [0.2, 0.25) is 0 Å². The van der Waals surface area contributed by atoms with E-state index in [1.165, 1.54) is 16.6 Å². The second-order valence-corrected chi connectivity index (χ2v) is 9.96. The topological polar surface area (TPSA) is 87.8 Å². The van der Waals surface area contributed by atoms with Crippen molar-refractivity contribution in [1.82, 2.24) is 9.55 Å². The van der Waals surface area contributed by atoms with Gasteiger partial charge < -0.3 is 5.32 Å². The zero-order valence-electron chi connectivity index (χ0n) is 17.9. The maximum Gasteiger partial charge on any atom is 0.267 e. The van der Waals surface area contributed by atoms with Gasteiger partial charge in [0.05, 0.1) is 28.5 Å². The van der Waals surface area contributed by atoms with Crippen LogP contribution in [0.25, 0.3) is 15.9 Å². The van der Waals surface area contributed by atoms with E-state index in [2.05, 4.69) is 11.4 Å². The highest BCUT2D eigenvalue weighted by molar-refractivity contribution is 7.99. The van der Waals surface area contributed by atoms with Crippen LogP contribution in [-0.2, 0) is 17.6 Å². The molecule has 1 N–H and O–H groups in total. The van der Waals surface area contributed by atoms with Crippen LogP contribution in [-0.4, -0.2) is 21.2 Å². The SMILES string of the molecule is Cc1ccc(-n2c(SCC(=O)Nc3cccc(C#N)c3)nc3sc4c(c3c2=O)CCC4)cc1. The molecule has 6 nitrogen and oxygen atoms in total. The Bertz CT molecular complexity index is 1480. The summed E-state index contributed by atoms with van der Waals surface area (Å²) in [6.07, 6.45) is 2.98. The smallest absolute Gasteiger partial charge is 0.267 e. The van der Waals surface area contributed by atoms with Crippen molar-refractivity contribution in [3.63, 3.8) is 0 Å². The average molecular weight is 473 g/mol. The van der Waals surface area contributed by atoms with Crippen molar-refractivity contribution >= 4 is 44.9 Å². The molecule has 0 bridgehead atoms. The number of amides is 1. The van der Waals surface area contributed by atoms with Crippen molar-refractivity contribution in [2.75, 3.05) is 11.1 Å². The Hall–Kier alpha value is -3.41. The molecule has 5 rings (SSSR count). The monoisotopic (exact) mass is 472 g/mol. The third kappa shape index (κ3) is 4.17. The van der Waals surface area contributed by atoms with Gasteiger partial charge in [0, 0.05) is 10.6 Å². The Labute approximate surface area is 198 Å². The van der Waals surface area contributed by atoms with E-state index in [4.69, 9.17) is 10.2 Å². The van der Waals surface area contributed by atoms with E-state index in [0.717, 1.165) is 46.3 Å². The molecule has 0 saturated heterocycles. The number of benzene rings is 2. The van der Waals surface area contributed by atoms with E-state index in [-0.39, 0.29) is 17.2 Å². The Morgan fingerprint density at radius 2 is 2.06 bits per heavy atom. The molecule has 4 aromatic rings. The van der Waals surface area contributed by atoms with E-state index in [1.807, 2.05) is 31.2 Å². The van der Waals surface area contributed by atoms with Gasteiger partial charge in [-0.1, -0.05) is 35.5 Å². The number of nitrogens with one attached hydrogen (secondary N) is 1. The van der Waals surface area contributed by atoms with Gasteiger partial charge in [0.15, 0.2) is 5.16 Å². The van der Waals surface area contributed by atoms with E-state index in [0.29, 0.717) is 16.4 Å². The summed E-state index contributed by atoms with van der Waals surface area (Å²) in [5, 5.41) is 13.1. The molecule has 2 heterocycles. The van der Waals surface area contributed by atoms with Crippen molar-refractivity contribution in [3.05, 3.63) is 80.5 Å². The minimum Gasteiger partial charge on any atom is -0.325 e. The number of hydrogen-bond acceptors (Lipinski definition) is 6. The molecular formula is C25H20N4O2S2. The molecule has 0 saturated carbocycles. The van der Waals surface area contributed by atoms with Crippen molar-refractivity contribution in [1.29, 1.82) is 5.26 Å².